The lowest BCUT2D eigenvalue weighted by molar-refractivity contribution is 0.290. The zero-order chi connectivity index (χ0) is 17.5. The van der Waals surface area contributed by atoms with Crippen molar-refractivity contribution in [2.45, 2.75) is 32.9 Å². The summed E-state index contributed by atoms with van der Waals surface area (Å²) in [5.41, 5.74) is 8.51. The van der Waals surface area contributed by atoms with Gasteiger partial charge in [-0.2, -0.15) is 0 Å². The summed E-state index contributed by atoms with van der Waals surface area (Å²) in [5, 5.41) is 0. The summed E-state index contributed by atoms with van der Waals surface area (Å²) in [5.74, 6) is 2.38. The average Bonchev–Trinajstić information content (AvgIpc) is 2.65. The van der Waals surface area contributed by atoms with Gasteiger partial charge in [0.05, 0.1) is 14.2 Å². The summed E-state index contributed by atoms with van der Waals surface area (Å²) < 4.78 is 16.9. The Labute approximate surface area is 144 Å². The van der Waals surface area contributed by atoms with E-state index in [1.54, 1.807) is 14.2 Å². The standard InChI is InChI=1S/C20H27NO3/c1-5-14(2)20(21)16-11-18(22-3)19(23-4)12-17(16)24-13-15-9-7-6-8-10-15/h6-12,14,20H,5,13,21H2,1-4H3/t14?,20-/m1/s1. The molecule has 0 aliphatic heterocycles. The zero-order valence-corrected chi connectivity index (χ0v) is 14.9. The molecule has 0 saturated heterocycles. The van der Waals surface area contributed by atoms with Gasteiger partial charge in [0.2, 0.25) is 0 Å². The van der Waals surface area contributed by atoms with Crippen LogP contribution in [0.2, 0.25) is 0 Å². The van der Waals surface area contributed by atoms with Crippen molar-refractivity contribution in [1.82, 2.24) is 0 Å². The number of nitrogens with two attached hydrogens (primary N) is 1. The van der Waals surface area contributed by atoms with Gasteiger partial charge in [-0.3, -0.25) is 0 Å². The number of methoxy groups -OCH3 is 2. The van der Waals surface area contributed by atoms with Crippen molar-refractivity contribution in [1.29, 1.82) is 0 Å². The Bertz CT molecular complexity index is 643. The molecule has 2 rings (SSSR count). The van der Waals surface area contributed by atoms with E-state index in [-0.39, 0.29) is 6.04 Å². The van der Waals surface area contributed by atoms with Crippen LogP contribution in [0, 0.1) is 5.92 Å². The Kier molecular flexibility index (Phi) is 6.50. The molecular formula is C20H27NO3. The van der Waals surface area contributed by atoms with Crippen LogP contribution in [0.3, 0.4) is 0 Å². The highest BCUT2D eigenvalue weighted by Crippen LogP contribution is 2.39. The van der Waals surface area contributed by atoms with Crippen LogP contribution in [0.25, 0.3) is 0 Å². The van der Waals surface area contributed by atoms with Crippen molar-refractivity contribution >= 4 is 0 Å². The van der Waals surface area contributed by atoms with Gasteiger partial charge in [0.25, 0.3) is 0 Å². The Morgan fingerprint density at radius 3 is 2.17 bits per heavy atom. The van der Waals surface area contributed by atoms with Crippen molar-refractivity contribution in [2.24, 2.45) is 11.7 Å². The molecule has 0 bridgehead atoms. The van der Waals surface area contributed by atoms with Gasteiger partial charge >= 0.3 is 0 Å². The Balaban J connectivity index is 2.35. The number of hydrogen-bond acceptors (Lipinski definition) is 4. The minimum atomic E-state index is -0.124. The van der Waals surface area contributed by atoms with E-state index in [1.165, 1.54) is 0 Å². The van der Waals surface area contributed by atoms with Gasteiger partial charge in [-0.25, -0.2) is 0 Å². The summed E-state index contributed by atoms with van der Waals surface area (Å²) >= 11 is 0. The van der Waals surface area contributed by atoms with Crippen molar-refractivity contribution in [3.8, 4) is 17.2 Å². The zero-order valence-electron chi connectivity index (χ0n) is 14.9. The van der Waals surface area contributed by atoms with Gasteiger partial charge in [0.1, 0.15) is 12.4 Å². The third-order valence-electron chi connectivity index (χ3n) is 4.37. The van der Waals surface area contributed by atoms with Gasteiger partial charge in [-0.1, -0.05) is 50.6 Å². The second kappa shape index (κ2) is 8.60. The Morgan fingerprint density at radius 1 is 0.958 bits per heavy atom. The molecule has 4 heteroatoms. The van der Waals surface area contributed by atoms with E-state index < -0.39 is 0 Å². The topological polar surface area (TPSA) is 53.7 Å². The van der Waals surface area contributed by atoms with Crippen molar-refractivity contribution < 1.29 is 14.2 Å². The first-order valence-corrected chi connectivity index (χ1v) is 8.28. The molecular weight excluding hydrogens is 302 g/mol. The first kappa shape index (κ1) is 18.1. The maximum Gasteiger partial charge on any atom is 0.164 e. The van der Waals surface area contributed by atoms with Gasteiger partial charge in [-0.05, 0) is 17.5 Å². The van der Waals surface area contributed by atoms with Crippen molar-refractivity contribution in [2.75, 3.05) is 14.2 Å². The van der Waals surface area contributed by atoms with E-state index in [0.717, 1.165) is 23.3 Å². The van der Waals surface area contributed by atoms with Crippen LogP contribution in [0.1, 0.15) is 37.4 Å². The molecule has 2 aromatic rings. The van der Waals surface area contributed by atoms with Crippen LogP contribution in [0.5, 0.6) is 17.2 Å². The molecule has 0 spiro atoms. The SMILES string of the molecule is CCC(C)[C@@H](N)c1cc(OC)c(OC)cc1OCc1ccccc1. The van der Waals surface area contributed by atoms with Crippen LogP contribution >= 0.6 is 0 Å². The lowest BCUT2D eigenvalue weighted by Crippen LogP contribution is -2.19. The molecule has 0 radical (unpaired) electrons. The van der Waals surface area contributed by atoms with Crippen LogP contribution in [0.4, 0.5) is 0 Å². The lowest BCUT2D eigenvalue weighted by Gasteiger charge is -2.23. The minimum absolute atomic E-state index is 0.124. The predicted molar refractivity (Wildman–Crippen MR) is 96.7 cm³/mol. The number of hydrogen-bond donors (Lipinski definition) is 1. The summed E-state index contributed by atoms with van der Waals surface area (Å²) in [6.45, 7) is 4.76. The number of benzene rings is 2. The molecule has 0 amide bonds. The van der Waals surface area contributed by atoms with Gasteiger partial charge in [-0.15, -0.1) is 0 Å². The van der Waals surface area contributed by atoms with E-state index in [4.69, 9.17) is 19.9 Å². The summed E-state index contributed by atoms with van der Waals surface area (Å²) in [7, 11) is 3.24. The lowest BCUT2D eigenvalue weighted by atomic mass is 9.92. The van der Waals surface area contributed by atoms with Gasteiger partial charge in [0.15, 0.2) is 11.5 Å². The van der Waals surface area contributed by atoms with Gasteiger partial charge in [0, 0.05) is 17.7 Å². The second-order valence-corrected chi connectivity index (χ2v) is 5.93. The highest BCUT2D eigenvalue weighted by molar-refractivity contribution is 5.52. The van der Waals surface area contributed by atoms with E-state index >= 15 is 0 Å². The fourth-order valence-electron chi connectivity index (χ4n) is 2.56. The molecule has 0 saturated carbocycles. The fourth-order valence-corrected chi connectivity index (χ4v) is 2.56. The minimum Gasteiger partial charge on any atom is -0.493 e. The van der Waals surface area contributed by atoms with Crippen LogP contribution in [0.15, 0.2) is 42.5 Å². The third-order valence-corrected chi connectivity index (χ3v) is 4.37. The van der Waals surface area contributed by atoms with Crippen molar-refractivity contribution in [3.63, 3.8) is 0 Å². The summed E-state index contributed by atoms with van der Waals surface area (Å²) in [6.07, 6.45) is 0.994. The Morgan fingerprint density at radius 2 is 1.58 bits per heavy atom. The smallest absolute Gasteiger partial charge is 0.164 e. The molecule has 0 aliphatic carbocycles. The molecule has 130 valence electrons. The molecule has 24 heavy (non-hydrogen) atoms. The monoisotopic (exact) mass is 329 g/mol. The normalized spacial score (nSPS) is 13.2. The van der Waals surface area contributed by atoms with E-state index in [9.17, 15) is 0 Å². The highest BCUT2D eigenvalue weighted by Gasteiger charge is 2.21. The molecule has 0 fully saturated rings. The molecule has 0 aromatic heterocycles. The molecule has 2 atom stereocenters. The largest absolute Gasteiger partial charge is 0.493 e. The quantitative estimate of drug-likeness (QED) is 0.783. The predicted octanol–water partition coefficient (Wildman–Crippen LogP) is 4.33. The van der Waals surface area contributed by atoms with E-state index in [1.807, 2.05) is 42.5 Å². The molecule has 2 N–H and O–H groups in total. The van der Waals surface area contributed by atoms with Gasteiger partial charge < -0.3 is 19.9 Å². The second-order valence-electron chi connectivity index (χ2n) is 5.93. The molecule has 0 heterocycles. The molecule has 2 aromatic carbocycles. The number of rotatable bonds is 8. The molecule has 0 aliphatic rings. The Hall–Kier alpha value is -2.20. The fraction of sp³-hybridized carbons (Fsp3) is 0.400. The van der Waals surface area contributed by atoms with E-state index in [0.29, 0.717) is 24.0 Å². The van der Waals surface area contributed by atoms with E-state index in [2.05, 4.69) is 13.8 Å². The maximum absolute atomic E-state index is 6.46. The first-order chi connectivity index (χ1) is 11.6. The molecule has 1 unspecified atom stereocenters. The number of ether oxygens (including phenoxy) is 3. The summed E-state index contributed by atoms with van der Waals surface area (Å²) in [4.78, 5) is 0. The van der Waals surface area contributed by atoms with Crippen LogP contribution in [-0.2, 0) is 6.61 Å². The summed E-state index contributed by atoms with van der Waals surface area (Å²) in [6, 6.07) is 13.7. The first-order valence-electron chi connectivity index (χ1n) is 8.28. The average molecular weight is 329 g/mol. The molecule has 4 nitrogen and oxygen atoms in total. The van der Waals surface area contributed by atoms with Crippen LogP contribution in [-0.4, -0.2) is 14.2 Å². The highest BCUT2D eigenvalue weighted by atomic mass is 16.5. The third kappa shape index (κ3) is 4.20. The maximum atomic E-state index is 6.46. The van der Waals surface area contributed by atoms with Crippen LogP contribution < -0.4 is 19.9 Å². The van der Waals surface area contributed by atoms with Crippen molar-refractivity contribution in [3.05, 3.63) is 53.6 Å².